The lowest BCUT2D eigenvalue weighted by Gasteiger charge is -2.01. The van der Waals surface area contributed by atoms with E-state index in [2.05, 4.69) is 14.7 Å². The van der Waals surface area contributed by atoms with E-state index in [-0.39, 0.29) is 0 Å². The van der Waals surface area contributed by atoms with Crippen LogP contribution in [-0.2, 0) is 16.0 Å². The van der Waals surface area contributed by atoms with Crippen molar-refractivity contribution in [3.63, 3.8) is 0 Å². The molecule has 0 fully saturated rings. The van der Waals surface area contributed by atoms with Gasteiger partial charge in [-0.3, -0.25) is 15.1 Å². The SMILES string of the molecule is COC(=O)[C@@H](C=NCCc1c[nH]c2ccccc12)[N+](=O)[O-]. The van der Waals surface area contributed by atoms with Crippen molar-refractivity contribution < 1.29 is 14.5 Å². The summed E-state index contributed by atoms with van der Waals surface area (Å²) in [6.07, 6.45) is 3.55. The lowest BCUT2D eigenvalue weighted by Crippen LogP contribution is -2.32. The molecule has 0 spiro atoms. The molecule has 1 aromatic carbocycles. The first kappa shape index (κ1) is 14.7. The van der Waals surface area contributed by atoms with Crippen molar-refractivity contribution >= 4 is 23.1 Å². The Labute approximate surface area is 120 Å². The van der Waals surface area contributed by atoms with Gasteiger partial charge in [0.05, 0.1) is 13.3 Å². The highest BCUT2D eigenvalue weighted by molar-refractivity contribution is 5.92. The fourth-order valence-corrected chi connectivity index (χ4v) is 2.02. The Hall–Kier alpha value is -2.70. The number of aromatic amines is 1. The average molecular weight is 289 g/mol. The molecule has 2 rings (SSSR count). The van der Waals surface area contributed by atoms with Gasteiger partial charge in [0.15, 0.2) is 0 Å². The quantitative estimate of drug-likeness (QED) is 0.378. The highest BCUT2D eigenvalue weighted by atomic mass is 16.6. The van der Waals surface area contributed by atoms with Crippen LogP contribution in [0, 0.1) is 10.1 Å². The molecule has 7 nitrogen and oxygen atoms in total. The number of nitrogens with one attached hydrogen (secondary N) is 1. The average Bonchev–Trinajstić information content (AvgIpc) is 2.89. The molecule has 0 aliphatic carbocycles. The molecule has 2 aromatic rings. The van der Waals surface area contributed by atoms with Gasteiger partial charge in [-0.1, -0.05) is 18.2 Å². The Morgan fingerprint density at radius 3 is 3.00 bits per heavy atom. The third-order valence-corrected chi connectivity index (χ3v) is 3.10. The molecule has 21 heavy (non-hydrogen) atoms. The van der Waals surface area contributed by atoms with E-state index in [4.69, 9.17) is 0 Å². The minimum atomic E-state index is -1.54. The fourth-order valence-electron chi connectivity index (χ4n) is 2.02. The highest BCUT2D eigenvalue weighted by Crippen LogP contribution is 2.17. The topological polar surface area (TPSA) is 97.6 Å². The second-order valence-electron chi connectivity index (χ2n) is 4.42. The number of methoxy groups -OCH3 is 1. The second-order valence-corrected chi connectivity index (χ2v) is 4.42. The first-order chi connectivity index (χ1) is 10.1. The Balaban J connectivity index is 1.98. The molecule has 0 bridgehead atoms. The molecule has 1 aromatic heterocycles. The number of carbonyl (C=O) groups excluding carboxylic acids is 1. The number of rotatable bonds is 6. The smallest absolute Gasteiger partial charge is 0.387 e. The number of ether oxygens (including phenoxy) is 1. The summed E-state index contributed by atoms with van der Waals surface area (Å²) in [4.78, 5) is 28.3. The highest BCUT2D eigenvalue weighted by Gasteiger charge is 2.28. The zero-order valence-corrected chi connectivity index (χ0v) is 11.5. The second kappa shape index (κ2) is 6.65. The van der Waals surface area contributed by atoms with Gasteiger partial charge in [0.25, 0.3) is 0 Å². The molecule has 0 aliphatic rings. The molecule has 0 radical (unpaired) electrons. The molecule has 1 N–H and O–H groups in total. The molecule has 0 amide bonds. The lowest BCUT2D eigenvalue weighted by atomic mass is 10.1. The molecule has 1 atom stereocenters. The molecule has 0 unspecified atom stereocenters. The van der Waals surface area contributed by atoms with Crippen molar-refractivity contribution in [1.29, 1.82) is 0 Å². The molecule has 7 heteroatoms. The number of nitrogens with zero attached hydrogens (tertiary/aromatic N) is 2. The van der Waals surface area contributed by atoms with Gasteiger partial charge in [-0.15, -0.1) is 0 Å². The van der Waals surface area contributed by atoms with Crippen molar-refractivity contribution in [1.82, 2.24) is 4.98 Å². The van der Waals surface area contributed by atoms with E-state index >= 15 is 0 Å². The summed E-state index contributed by atoms with van der Waals surface area (Å²) in [7, 11) is 1.11. The minimum Gasteiger partial charge on any atom is -0.464 e. The van der Waals surface area contributed by atoms with Gasteiger partial charge >= 0.3 is 12.0 Å². The van der Waals surface area contributed by atoms with Crippen LogP contribution >= 0.6 is 0 Å². The van der Waals surface area contributed by atoms with Crippen molar-refractivity contribution in [3.8, 4) is 0 Å². The van der Waals surface area contributed by atoms with Gasteiger partial charge in [-0.05, 0) is 18.1 Å². The summed E-state index contributed by atoms with van der Waals surface area (Å²) >= 11 is 0. The van der Waals surface area contributed by atoms with Crippen LogP contribution in [0.1, 0.15) is 5.56 Å². The molecule has 0 saturated carbocycles. The van der Waals surface area contributed by atoms with Crippen molar-refractivity contribution in [2.45, 2.75) is 12.5 Å². The van der Waals surface area contributed by atoms with E-state index in [0.717, 1.165) is 29.8 Å². The monoisotopic (exact) mass is 289 g/mol. The van der Waals surface area contributed by atoms with Crippen LogP contribution in [-0.4, -0.2) is 41.8 Å². The maximum Gasteiger partial charge on any atom is 0.387 e. The first-order valence-electron chi connectivity index (χ1n) is 6.39. The van der Waals surface area contributed by atoms with E-state index in [0.29, 0.717) is 13.0 Å². The predicted molar refractivity (Wildman–Crippen MR) is 78.2 cm³/mol. The van der Waals surface area contributed by atoms with E-state index < -0.39 is 16.9 Å². The van der Waals surface area contributed by atoms with Crippen LogP contribution in [0.5, 0.6) is 0 Å². The van der Waals surface area contributed by atoms with E-state index in [1.165, 1.54) is 0 Å². The van der Waals surface area contributed by atoms with Crippen molar-refractivity contribution in [3.05, 3.63) is 46.1 Å². The third kappa shape index (κ3) is 3.44. The zero-order chi connectivity index (χ0) is 15.2. The molecule has 110 valence electrons. The van der Waals surface area contributed by atoms with E-state index in [1.54, 1.807) is 0 Å². The summed E-state index contributed by atoms with van der Waals surface area (Å²) < 4.78 is 4.36. The molecule has 0 saturated heterocycles. The van der Waals surface area contributed by atoms with Gasteiger partial charge in [0.1, 0.15) is 0 Å². The summed E-state index contributed by atoms with van der Waals surface area (Å²) in [5, 5.41) is 11.8. The summed E-state index contributed by atoms with van der Waals surface area (Å²) in [5.41, 5.74) is 2.12. The number of aliphatic imine (C=N–C) groups is 1. The van der Waals surface area contributed by atoms with Gasteiger partial charge in [0, 0.05) is 28.6 Å². The number of benzene rings is 1. The fraction of sp³-hybridized carbons (Fsp3) is 0.286. The van der Waals surface area contributed by atoms with Crippen molar-refractivity contribution in [2.75, 3.05) is 13.7 Å². The maximum absolute atomic E-state index is 11.2. The Kier molecular flexibility index (Phi) is 4.65. The normalized spacial score (nSPS) is 12.6. The summed E-state index contributed by atoms with van der Waals surface area (Å²) in [6, 6.07) is 6.32. The van der Waals surface area contributed by atoms with Crippen LogP contribution < -0.4 is 0 Å². The van der Waals surface area contributed by atoms with Gasteiger partial charge < -0.3 is 9.72 Å². The number of carbonyl (C=O) groups is 1. The number of nitro groups is 1. The largest absolute Gasteiger partial charge is 0.464 e. The zero-order valence-electron chi connectivity index (χ0n) is 11.5. The Morgan fingerprint density at radius 1 is 1.52 bits per heavy atom. The standard InChI is InChI=1S/C14H15N3O4/c1-21-14(18)13(17(19)20)9-15-7-6-10-8-16-12-5-3-2-4-11(10)12/h2-5,8-9,13,16H,6-7H2,1H3/t13-/m1/s1. The summed E-state index contributed by atoms with van der Waals surface area (Å²) in [6.45, 7) is 0.364. The molecule has 0 aliphatic heterocycles. The van der Waals surface area contributed by atoms with Crippen molar-refractivity contribution in [2.24, 2.45) is 4.99 Å². The summed E-state index contributed by atoms with van der Waals surface area (Å²) in [5.74, 6) is -0.921. The Bertz CT molecular complexity index is 678. The number of fused-ring (bicyclic) bond motifs is 1. The van der Waals surface area contributed by atoms with Gasteiger partial charge in [0.2, 0.25) is 0 Å². The van der Waals surface area contributed by atoms with Crippen LogP contribution in [0.15, 0.2) is 35.5 Å². The predicted octanol–water partition coefficient (Wildman–Crippen LogP) is 1.60. The first-order valence-corrected chi connectivity index (χ1v) is 6.39. The molecular weight excluding hydrogens is 274 g/mol. The van der Waals surface area contributed by atoms with Crippen LogP contribution in [0.25, 0.3) is 10.9 Å². The number of aromatic nitrogens is 1. The van der Waals surface area contributed by atoms with Crippen LogP contribution in [0.3, 0.4) is 0 Å². The van der Waals surface area contributed by atoms with Crippen LogP contribution in [0.2, 0.25) is 0 Å². The molecular formula is C14H15N3O4. The minimum absolute atomic E-state index is 0.364. The third-order valence-electron chi connectivity index (χ3n) is 3.10. The van der Waals surface area contributed by atoms with E-state index in [1.807, 2.05) is 30.5 Å². The number of esters is 1. The Morgan fingerprint density at radius 2 is 2.29 bits per heavy atom. The molecule has 1 heterocycles. The number of H-pyrrole nitrogens is 1. The van der Waals surface area contributed by atoms with Gasteiger partial charge in [-0.2, -0.15) is 0 Å². The number of hydrogen-bond donors (Lipinski definition) is 1. The van der Waals surface area contributed by atoms with Crippen LogP contribution in [0.4, 0.5) is 0 Å². The number of para-hydroxylation sites is 1. The number of hydrogen-bond acceptors (Lipinski definition) is 5. The van der Waals surface area contributed by atoms with E-state index in [9.17, 15) is 14.9 Å². The lowest BCUT2D eigenvalue weighted by molar-refractivity contribution is -0.490. The van der Waals surface area contributed by atoms with Gasteiger partial charge in [-0.25, -0.2) is 4.79 Å². The maximum atomic E-state index is 11.2.